The Hall–Kier alpha value is -1.90. The molecular weight excluding hydrogens is 396 g/mol. The molecule has 1 saturated carbocycles. The lowest BCUT2D eigenvalue weighted by molar-refractivity contribution is -0.139. The van der Waals surface area contributed by atoms with Gasteiger partial charge in [-0.3, -0.25) is 9.59 Å². The van der Waals surface area contributed by atoms with Crippen LogP contribution < -0.4 is 10.6 Å². The minimum Gasteiger partial charge on any atom is -0.346 e. The molecule has 1 heterocycles. The van der Waals surface area contributed by atoms with E-state index in [4.69, 9.17) is 11.6 Å². The van der Waals surface area contributed by atoms with E-state index < -0.39 is 26.9 Å². The van der Waals surface area contributed by atoms with Crippen LogP contribution in [0.1, 0.15) is 23.0 Å². The molecule has 0 unspecified atom stereocenters. The van der Waals surface area contributed by atoms with Gasteiger partial charge in [0, 0.05) is 22.5 Å². The molecule has 9 heteroatoms. The van der Waals surface area contributed by atoms with E-state index in [1.54, 1.807) is 17.5 Å². The number of halogens is 1. The molecule has 1 aromatic heterocycles. The van der Waals surface area contributed by atoms with Crippen molar-refractivity contribution in [3.05, 3.63) is 51.7 Å². The fraction of sp³-hybridized carbons (Fsp3) is 0.294. The van der Waals surface area contributed by atoms with Crippen LogP contribution in [-0.2, 0) is 19.4 Å². The van der Waals surface area contributed by atoms with Crippen molar-refractivity contribution in [3.8, 4) is 0 Å². The molecule has 138 valence electrons. The van der Waals surface area contributed by atoms with Crippen molar-refractivity contribution < 1.29 is 18.0 Å². The standard InChI is InChI=1S/C17H17ClN2O4S2/c18-11-3-7-13(8-4-11)26(23,24)15(14-2-1-9-25-14)10-19-16(21)17(22)20-12-5-6-12/h1-4,7-9,12,15H,5-6,10H2,(H,19,21)(H,20,22)/t15-/m1/s1. The Morgan fingerprint density at radius 1 is 1.15 bits per heavy atom. The molecular formula is C17H17ClN2O4S2. The molecule has 6 nitrogen and oxygen atoms in total. The summed E-state index contributed by atoms with van der Waals surface area (Å²) in [5.74, 6) is -1.56. The quantitative estimate of drug-likeness (QED) is 0.712. The Bertz CT molecular complexity index is 891. The predicted molar refractivity (Wildman–Crippen MR) is 99.9 cm³/mol. The Morgan fingerprint density at radius 3 is 2.42 bits per heavy atom. The Morgan fingerprint density at radius 2 is 1.85 bits per heavy atom. The molecule has 2 aromatic rings. The summed E-state index contributed by atoms with van der Waals surface area (Å²) in [4.78, 5) is 24.4. The molecule has 1 atom stereocenters. The van der Waals surface area contributed by atoms with E-state index in [1.165, 1.54) is 35.6 Å². The summed E-state index contributed by atoms with van der Waals surface area (Å²) < 4.78 is 26.0. The number of thiophene rings is 1. The second-order valence-electron chi connectivity index (χ2n) is 5.96. The molecule has 1 fully saturated rings. The van der Waals surface area contributed by atoms with Crippen molar-refractivity contribution in [2.45, 2.75) is 29.0 Å². The molecule has 0 radical (unpaired) electrons. The fourth-order valence-electron chi connectivity index (χ4n) is 2.37. The molecule has 26 heavy (non-hydrogen) atoms. The van der Waals surface area contributed by atoms with Gasteiger partial charge < -0.3 is 10.6 Å². The molecule has 1 aliphatic carbocycles. The van der Waals surface area contributed by atoms with Crippen molar-refractivity contribution in [2.24, 2.45) is 0 Å². The molecule has 0 aliphatic heterocycles. The number of hydrogen-bond donors (Lipinski definition) is 2. The van der Waals surface area contributed by atoms with Gasteiger partial charge in [0.15, 0.2) is 9.84 Å². The number of carbonyl (C=O) groups excluding carboxylic acids is 2. The molecule has 0 saturated heterocycles. The van der Waals surface area contributed by atoms with Gasteiger partial charge in [-0.05, 0) is 48.6 Å². The molecule has 2 N–H and O–H groups in total. The number of amides is 2. The van der Waals surface area contributed by atoms with Gasteiger partial charge in [0.05, 0.1) is 4.90 Å². The number of sulfone groups is 1. The monoisotopic (exact) mass is 412 g/mol. The third kappa shape index (κ3) is 4.44. The first-order valence-electron chi connectivity index (χ1n) is 7.99. The summed E-state index contributed by atoms with van der Waals surface area (Å²) in [6.07, 6.45) is 1.73. The van der Waals surface area contributed by atoms with Crippen LogP contribution in [0, 0.1) is 0 Å². The zero-order valence-corrected chi connectivity index (χ0v) is 16.0. The van der Waals surface area contributed by atoms with Crippen molar-refractivity contribution in [3.63, 3.8) is 0 Å². The third-order valence-electron chi connectivity index (χ3n) is 3.94. The van der Waals surface area contributed by atoms with E-state index in [0.29, 0.717) is 9.90 Å². The van der Waals surface area contributed by atoms with E-state index in [9.17, 15) is 18.0 Å². The fourth-order valence-corrected chi connectivity index (χ4v) is 5.28. The largest absolute Gasteiger partial charge is 0.346 e. The van der Waals surface area contributed by atoms with Gasteiger partial charge in [0.25, 0.3) is 0 Å². The number of carbonyl (C=O) groups is 2. The van der Waals surface area contributed by atoms with Crippen LogP contribution in [0.4, 0.5) is 0 Å². The highest BCUT2D eigenvalue weighted by atomic mass is 35.5. The van der Waals surface area contributed by atoms with Gasteiger partial charge in [-0.1, -0.05) is 17.7 Å². The van der Waals surface area contributed by atoms with E-state index in [2.05, 4.69) is 10.6 Å². The second kappa shape index (κ2) is 7.77. The van der Waals surface area contributed by atoms with Crippen LogP contribution in [0.2, 0.25) is 5.02 Å². The van der Waals surface area contributed by atoms with Crippen LogP contribution >= 0.6 is 22.9 Å². The van der Waals surface area contributed by atoms with Crippen molar-refractivity contribution >= 4 is 44.6 Å². The normalized spacial score (nSPS) is 15.3. The maximum atomic E-state index is 13.0. The highest BCUT2D eigenvalue weighted by Gasteiger charge is 2.32. The summed E-state index contributed by atoms with van der Waals surface area (Å²) >= 11 is 7.11. The molecule has 1 aliphatic rings. The number of nitrogens with one attached hydrogen (secondary N) is 2. The van der Waals surface area contributed by atoms with E-state index in [-0.39, 0.29) is 17.5 Å². The Labute approximate surface area is 160 Å². The summed E-state index contributed by atoms with van der Waals surface area (Å²) in [5, 5.41) is 6.23. The second-order valence-corrected chi connectivity index (χ2v) is 9.51. The van der Waals surface area contributed by atoms with Crippen LogP contribution in [-0.4, -0.2) is 32.8 Å². The number of hydrogen-bond acceptors (Lipinski definition) is 5. The average molecular weight is 413 g/mol. The van der Waals surface area contributed by atoms with Gasteiger partial charge in [0.2, 0.25) is 0 Å². The first-order chi connectivity index (χ1) is 12.4. The van der Waals surface area contributed by atoms with Crippen LogP contribution in [0.25, 0.3) is 0 Å². The maximum Gasteiger partial charge on any atom is 0.309 e. The highest BCUT2D eigenvalue weighted by molar-refractivity contribution is 7.91. The number of rotatable bonds is 6. The highest BCUT2D eigenvalue weighted by Crippen LogP contribution is 2.31. The van der Waals surface area contributed by atoms with Crippen molar-refractivity contribution in [1.82, 2.24) is 10.6 Å². The van der Waals surface area contributed by atoms with Gasteiger partial charge in [-0.25, -0.2) is 8.42 Å². The Kier molecular flexibility index (Phi) is 5.64. The van der Waals surface area contributed by atoms with Crippen molar-refractivity contribution in [2.75, 3.05) is 6.54 Å². The first-order valence-corrected chi connectivity index (χ1v) is 10.8. The summed E-state index contributed by atoms with van der Waals surface area (Å²) in [5.41, 5.74) is 0. The summed E-state index contributed by atoms with van der Waals surface area (Å²) in [6.45, 7) is -0.192. The lowest BCUT2D eigenvalue weighted by atomic mass is 10.3. The van der Waals surface area contributed by atoms with Gasteiger partial charge in [-0.2, -0.15) is 0 Å². The van der Waals surface area contributed by atoms with Gasteiger partial charge >= 0.3 is 11.8 Å². The average Bonchev–Trinajstić information content (AvgIpc) is 3.26. The SMILES string of the molecule is O=C(NC[C@H](c1cccs1)S(=O)(=O)c1ccc(Cl)cc1)C(=O)NC1CC1. The molecule has 0 bridgehead atoms. The van der Waals surface area contributed by atoms with Crippen LogP contribution in [0.15, 0.2) is 46.7 Å². The maximum absolute atomic E-state index is 13.0. The van der Waals surface area contributed by atoms with Gasteiger partial charge in [-0.15, -0.1) is 11.3 Å². The van der Waals surface area contributed by atoms with E-state index in [1.807, 2.05) is 0 Å². The molecule has 0 spiro atoms. The number of benzene rings is 1. The third-order valence-corrected chi connectivity index (χ3v) is 7.43. The minimum absolute atomic E-state index is 0.0548. The predicted octanol–water partition coefficient (Wildman–Crippen LogP) is 2.31. The minimum atomic E-state index is -3.77. The van der Waals surface area contributed by atoms with Crippen molar-refractivity contribution in [1.29, 1.82) is 0 Å². The van der Waals surface area contributed by atoms with E-state index >= 15 is 0 Å². The lowest BCUT2D eigenvalue weighted by Crippen LogP contribution is -2.42. The summed E-state index contributed by atoms with van der Waals surface area (Å²) in [6, 6.07) is 9.35. The molecule has 3 rings (SSSR count). The smallest absolute Gasteiger partial charge is 0.309 e. The molecule has 2 amide bonds. The summed E-state index contributed by atoms with van der Waals surface area (Å²) in [7, 11) is -3.77. The Balaban J connectivity index is 1.78. The molecule has 1 aromatic carbocycles. The van der Waals surface area contributed by atoms with Crippen LogP contribution in [0.5, 0.6) is 0 Å². The topological polar surface area (TPSA) is 92.3 Å². The lowest BCUT2D eigenvalue weighted by Gasteiger charge is -2.17. The van der Waals surface area contributed by atoms with E-state index in [0.717, 1.165) is 12.8 Å². The first kappa shape index (κ1) is 18.9. The zero-order chi connectivity index (χ0) is 18.7. The van der Waals surface area contributed by atoms with Crippen LogP contribution in [0.3, 0.4) is 0 Å². The van der Waals surface area contributed by atoms with Gasteiger partial charge in [0.1, 0.15) is 5.25 Å². The zero-order valence-electron chi connectivity index (χ0n) is 13.6.